The first-order chi connectivity index (χ1) is 17.3. The van der Waals surface area contributed by atoms with Gasteiger partial charge in [-0.15, -0.1) is 0 Å². The topological polar surface area (TPSA) is 47.9 Å². The van der Waals surface area contributed by atoms with Crippen LogP contribution in [0.2, 0.25) is 0 Å². The van der Waals surface area contributed by atoms with E-state index < -0.39 is 0 Å². The average molecular weight is 498 g/mol. The first-order valence-electron chi connectivity index (χ1n) is 14.8. The van der Waals surface area contributed by atoms with Crippen molar-refractivity contribution in [3.05, 3.63) is 34.4 Å². The van der Waals surface area contributed by atoms with Crippen molar-refractivity contribution in [3.63, 3.8) is 0 Å². The second-order valence-corrected chi connectivity index (χ2v) is 10.3. The van der Waals surface area contributed by atoms with E-state index in [1.54, 1.807) is 0 Å². The first-order valence-corrected chi connectivity index (χ1v) is 14.8. The lowest BCUT2D eigenvalue weighted by atomic mass is 9.97. The Morgan fingerprint density at radius 2 is 0.972 bits per heavy atom. The number of hydrogen-bond donors (Lipinski definition) is 0. The molecule has 0 radical (unpaired) electrons. The molecule has 0 aromatic carbocycles. The molecule has 0 aliphatic rings. The van der Waals surface area contributed by atoms with Gasteiger partial charge in [0.1, 0.15) is 5.76 Å². The lowest BCUT2D eigenvalue weighted by molar-refractivity contribution is 0.202. The predicted octanol–water partition coefficient (Wildman–Crippen LogP) is 10.4. The zero-order valence-corrected chi connectivity index (χ0v) is 25.1. The molecule has 1 rings (SSSR count). The summed E-state index contributed by atoms with van der Waals surface area (Å²) in [7, 11) is 0. The Balaban J connectivity index is 3.76. The molecule has 4 nitrogen and oxygen atoms in total. The summed E-state index contributed by atoms with van der Waals surface area (Å²) in [5.41, 5.74) is 6.34. The molecule has 4 heteroatoms. The highest BCUT2D eigenvalue weighted by Gasteiger charge is 2.17. The Labute approximate surface area is 223 Å². The van der Waals surface area contributed by atoms with Crippen LogP contribution < -0.4 is 0 Å². The zero-order chi connectivity index (χ0) is 26.9. The van der Waals surface area contributed by atoms with Crippen molar-refractivity contribution >= 4 is 16.7 Å². The van der Waals surface area contributed by atoms with Crippen LogP contribution in [0.5, 0.6) is 0 Å². The van der Waals surface area contributed by atoms with E-state index in [1.807, 2.05) is 0 Å². The monoisotopic (exact) mass is 497 g/mol. The Hall–Kier alpha value is -1.97. The normalized spacial score (nSPS) is 12.8. The van der Waals surface area contributed by atoms with Gasteiger partial charge in [0.25, 0.3) is 0 Å². The summed E-state index contributed by atoms with van der Waals surface area (Å²) in [6.07, 6.45) is 14.7. The number of hydrogen-bond acceptors (Lipinski definition) is 4. The predicted molar refractivity (Wildman–Crippen MR) is 158 cm³/mol. The average Bonchev–Trinajstić information content (AvgIpc) is 2.90. The summed E-state index contributed by atoms with van der Waals surface area (Å²) in [4.78, 5) is 15.2. The van der Waals surface area contributed by atoms with Crippen molar-refractivity contribution < 1.29 is 4.74 Å². The van der Waals surface area contributed by atoms with Crippen molar-refractivity contribution in [2.45, 2.75) is 146 Å². The second kappa shape index (κ2) is 18.3. The van der Waals surface area contributed by atoms with Gasteiger partial charge < -0.3 is 4.74 Å². The van der Waals surface area contributed by atoms with E-state index in [0.717, 1.165) is 80.4 Å². The second-order valence-electron chi connectivity index (χ2n) is 10.3. The number of ether oxygens (including phenoxy) is 1. The molecule has 1 heterocycles. The Morgan fingerprint density at radius 3 is 1.47 bits per heavy atom. The van der Waals surface area contributed by atoms with Crippen molar-refractivity contribution in [1.29, 1.82) is 0 Å². The van der Waals surface area contributed by atoms with Crippen LogP contribution in [0.3, 0.4) is 0 Å². The smallest absolute Gasteiger partial charge is 0.163 e. The van der Waals surface area contributed by atoms with Gasteiger partial charge in [0.15, 0.2) is 17.5 Å². The third-order valence-electron chi connectivity index (χ3n) is 7.04. The van der Waals surface area contributed by atoms with E-state index in [4.69, 9.17) is 19.7 Å². The number of rotatable bonds is 18. The van der Waals surface area contributed by atoms with Crippen LogP contribution in [0.1, 0.15) is 163 Å². The highest BCUT2D eigenvalue weighted by atomic mass is 16.5. The van der Waals surface area contributed by atoms with Crippen LogP contribution in [0, 0.1) is 0 Å². The fraction of sp³-hybridized carbons (Fsp3) is 0.719. The third kappa shape index (κ3) is 10.6. The van der Waals surface area contributed by atoms with Crippen LogP contribution in [0.25, 0.3) is 16.7 Å². The number of nitrogens with zero attached hydrogens (tertiary/aromatic N) is 3. The summed E-state index contributed by atoms with van der Waals surface area (Å²) in [5.74, 6) is 3.46. The highest BCUT2D eigenvalue weighted by Crippen LogP contribution is 2.28. The first kappa shape index (κ1) is 32.1. The quantitative estimate of drug-likeness (QED) is 0.189. The molecule has 204 valence electrons. The van der Waals surface area contributed by atoms with Crippen molar-refractivity contribution in [1.82, 2.24) is 15.0 Å². The molecule has 36 heavy (non-hydrogen) atoms. The molecule has 0 aliphatic carbocycles. The molecule has 0 fully saturated rings. The van der Waals surface area contributed by atoms with Gasteiger partial charge in [-0.25, -0.2) is 15.0 Å². The molecule has 1 aromatic rings. The van der Waals surface area contributed by atoms with E-state index in [9.17, 15) is 0 Å². The lowest BCUT2D eigenvalue weighted by Gasteiger charge is -2.16. The summed E-state index contributed by atoms with van der Waals surface area (Å²) in [5, 5.41) is 0. The van der Waals surface area contributed by atoms with Crippen LogP contribution in [0.15, 0.2) is 16.9 Å². The van der Waals surface area contributed by atoms with Gasteiger partial charge >= 0.3 is 0 Å². The van der Waals surface area contributed by atoms with Crippen molar-refractivity contribution in [2.75, 3.05) is 6.61 Å². The standard InChI is InChI=1S/C32H55N3O/c1-10-15-19-24(6)25(7)30-33-31(26(8)28(20-16-11-2)21-17-12-3)35-32(34-30)27(9)29(22-18-13-4)36-23-14-5/h10-23H2,1-9H3/b25-24+,29-27+. The van der Waals surface area contributed by atoms with E-state index in [0.29, 0.717) is 0 Å². The molecule has 0 aliphatic heterocycles. The van der Waals surface area contributed by atoms with Gasteiger partial charge in [-0.2, -0.15) is 0 Å². The number of allylic oxidation sites excluding steroid dienone is 6. The molecule has 0 bridgehead atoms. The maximum absolute atomic E-state index is 6.22. The molecule has 1 aromatic heterocycles. The van der Waals surface area contributed by atoms with E-state index in [2.05, 4.69) is 62.3 Å². The van der Waals surface area contributed by atoms with E-state index in [1.165, 1.54) is 60.8 Å². The molecule has 0 unspecified atom stereocenters. The molecular formula is C32H55N3O. The fourth-order valence-corrected chi connectivity index (χ4v) is 4.19. The van der Waals surface area contributed by atoms with Gasteiger partial charge in [0, 0.05) is 12.0 Å². The van der Waals surface area contributed by atoms with Gasteiger partial charge in [0.2, 0.25) is 0 Å². The maximum Gasteiger partial charge on any atom is 0.163 e. The molecule has 0 saturated carbocycles. The largest absolute Gasteiger partial charge is 0.498 e. The van der Waals surface area contributed by atoms with Gasteiger partial charge in [-0.05, 0) is 90.2 Å². The molecule has 0 spiro atoms. The molecule has 0 saturated heterocycles. The van der Waals surface area contributed by atoms with E-state index >= 15 is 0 Å². The van der Waals surface area contributed by atoms with Crippen LogP contribution >= 0.6 is 0 Å². The summed E-state index contributed by atoms with van der Waals surface area (Å²) >= 11 is 0. The van der Waals surface area contributed by atoms with Crippen molar-refractivity contribution in [2.24, 2.45) is 0 Å². The Kier molecular flexibility index (Phi) is 16.3. The Morgan fingerprint density at radius 1 is 0.528 bits per heavy atom. The van der Waals surface area contributed by atoms with Crippen LogP contribution in [0.4, 0.5) is 0 Å². The van der Waals surface area contributed by atoms with Crippen LogP contribution in [-0.4, -0.2) is 21.6 Å². The molecule has 0 N–H and O–H groups in total. The lowest BCUT2D eigenvalue weighted by Crippen LogP contribution is -2.09. The van der Waals surface area contributed by atoms with E-state index in [-0.39, 0.29) is 0 Å². The summed E-state index contributed by atoms with van der Waals surface area (Å²) in [6, 6.07) is 0. The summed E-state index contributed by atoms with van der Waals surface area (Å²) in [6.45, 7) is 20.6. The highest BCUT2D eigenvalue weighted by molar-refractivity contribution is 5.69. The van der Waals surface area contributed by atoms with Gasteiger partial charge in [0.05, 0.1) is 6.61 Å². The van der Waals surface area contributed by atoms with Crippen LogP contribution in [-0.2, 0) is 4.74 Å². The minimum Gasteiger partial charge on any atom is -0.498 e. The number of aromatic nitrogens is 3. The Bertz CT molecular complexity index is 805. The number of unbranched alkanes of at least 4 members (excludes halogenated alkanes) is 4. The molecular weight excluding hydrogens is 442 g/mol. The van der Waals surface area contributed by atoms with Gasteiger partial charge in [-0.1, -0.05) is 71.4 Å². The molecule has 0 atom stereocenters. The fourth-order valence-electron chi connectivity index (χ4n) is 4.19. The maximum atomic E-state index is 6.22. The summed E-state index contributed by atoms with van der Waals surface area (Å²) < 4.78 is 6.22. The minimum atomic E-state index is 0.730. The SMILES string of the molecule is CCCCC(CCCC)=C(C)c1nc(/C(C)=C(\C)CCCC)nc(/C(C)=C(\CCCC)OCCC)n1. The third-order valence-corrected chi connectivity index (χ3v) is 7.04. The van der Waals surface area contributed by atoms with Gasteiger partial charge in [-0.3, -0.25) is 0 Å². The van der Waals surface area contributed by atoms with Crippen molar-refractivity contribution in [3.8, 4) is 0 Å². The minimum absolute atomic E-state index is 0.730. The molecule has 0 amide bonds. The zero-order valence-electron chi connectivity index (χ0n) is 25.1.